The zero-order valence-electron chi connectivity index (χ0n) is 10.2. The summed E-state index contributed by atoms with van der Waals surface area (Å²) in [5.74, 6) is 0.744. The van der Waals surface area contributed by atoms with E-state index in [1.54, 1.807) is 0 Å². The van der Waals surface area contributed by atoms with E-state index in [0.29, 0.717) is 0 Å². The van der Waals surface area contributed by atoms with Gasteiger partial charge in [0.1, 0.15) is 0 Å². The van der Waals surface area contributed by atoms with Crippen molar-refractivity contribution in [3.8, 4) is 0 Å². The van der Waals surface area contributed by atoms with Gasteiger partial charge in [-0.15, -0.1) is 0 Å². The van der Waals surface area contributed by atoms with E-state index in [4.69, 9.17) is 0 Å². The zero-order chi connectivity index (χ0) is 11.9. The lowest BCUT2D eigenvalue weighted by atomic mass is 9.97. The molecule has 1 aromatic rings. The molecule has 3 nitrogen and oxygen atoms in total. The summed E-state index contributed by atoms with van der Waals surface area (Å²) in [7, 11) is 0. The summed E-state index contributed by atoms with van der Waals surface area (Å²) in [6, 6.07) is 10.2. The molecule has 0 unspecified atom stereocenters. The summed E-state index contributed by atoms with van der Waals surface area (Å²) in [6.07, 6.45) is 2.47. The van der Waals surface area contributed by atoms with Gasteiger partial charge in [-0.2, -0.15) is 0 Å². The molecule has 1 atom stereocenters. The van der Waals surface area contributed by atoms with Gasteiger partial charge in [-0.3, -0.25) is 0 Å². The van der Waals surface area contributed by atoms with Crippen LogP contribution in [0, 0.1) is 5.92 Å². The Kier molecular flexibility index (Phi) is 4.98. The number of hydrogen-bond donors (Lipinski definition) is 3. The van der Waals surface area contributed by atoms with Crippen LogP contribution in [0.2, 0.25) is 0 Å². The van der Waals surface area contributed by atoms with Crippen LogP contribution in [0.15, 0.2) is 30.3 Å². The third-order valence-corrected chi connectivity index (χ3v) is 3.50. The minimum Gasteiger partial charge on any atom is -0.394 e. The molecule has 1 fully saturated rings. The lowest BCUT2D eigenvalue weighted by Gasteiger charge is -2.25. The molecule has 0 spiro atoms. The molecule has 1 heterocycles. The molecule has 3 heteroatoms. The van der Waals surface area contributed by atoms with Crippen molar-refractivity contribution in [1.82, 2.24) is 10.6 Å². The highest BCUT2D eigenvalue weighted by atomic mass is 16.3. The molecule has 0 aliphatic carbocycles. The van der Waals surface area contributed by atoms with E-state index in [9.17, 15) is 5.11 Å². The molecule has 2 rings (SSSR count). The average molecular weight is 234 g/mol. The van der Waals surface area contributed by atoms with E-state index in [1.807, 2.05) is 18.2 Å². The second-order valence-corrected chi connectivity index (χ2v) is 4.75. The highest BCUT2D eigenvalue weighted by Gasteiger charge is 2.15. The van der Waals surface area contributed by atoms with Gasteiger partial charge in [-0.1, -0.05) is 30.3 Å². The topological polar surface area (TPSA) is 44.3 Å². The molecular weight excluding hydrogens is 212 g/mol. The summed E-state index contributed by atoms with van der Waals surface area (Å²) < 4.78 is 0. The Labute approximate surface area is 103 Å². The van der Waals surface area contributed by atoms with Crippen LogP contribution < -0.4 is 10.6 Å². The first-order valence-electron chi connectivity index (χ1n) is 6.50. The number of hydrogen-bond acceptors (Lipinski definition) is 3. The predicted molar refractivity (Wildman–Crippen MR) is 69.9 cm³/mol. The van der Waals surface area contributed by atoms with Gasteiger partial charge in [0.2, 0.25) is 0 Å². The molecule has 0 saturated carbocycles. The SMILES string of the molecule is OC[C@H](NCC1CCNCC1)c1ccccc1. The smallest absolute Gasteiger partial charge is 0.0626 e. The molecule has 0 aromatic heterocycles. The molecule has 0 radical (unpaired) electrons. The monoisotopic (exact) mass is 234 g/mol. The normalized spacial score (nSPS) is 19.1. The van der Waals surface area contributed by atoms with Crippen LogP contribution >= 0.6 is 0 Å². The molecule has 0 bridgehead atoms. The molecule has 1 aliphatic heterocycles. The third-order valence-electron chi connectivity index (χ3n) is 3.50. The van der Waals surface area contributed by atoms with Gasteiger partial charge in [-0.25, -0.2) is 0 Å². The van der Waals surface area contributed by atoms with E-state index >= 15 is 0 Å². The Bertz CT molecular complexity index is 309. The van der Waals surface area contributed by atoms with Gasteiger partial charge in [0.05, 0.1) is 12.6 Å². The van der Waals surface area contributed by atoms with Gasteiger partial charge in [0, 0.05) is 0 Å². The molecule has 1 aliphatic rings. The molecule has 3 N–H and O–H groups in total. The van der Waals surface area contributed by atoms with Gasteiger partial charge >= 0.3 is 0 Å². The Morgan fingerprint density at radius 2 is 1.94 bits per heavy atom. The maximum Gasteiger partial charge on any atom is 0.0626 e. The van der Waals surface area contributed by atoms with Crippen molar-refractivity contribution in [2.24, 2.45) is 5.92 Å². The minimum absolute atomic E-state index is 0.0751. The molecule has 17 heavy (non-hydrogen) atoms. The number of rotatable bonds is 5. The quantitative estimate of drug-likeness (QED) is 0.720. The second-order valence-electron chi connectivity index (χ2n) is 4.75. The fourth-order valence-corrected chi connectivity index (χ4v) is 2.37. The lowest BCUT2D eigenvalue weighted by Crippen LogP contribution is -2.35. The first-order chi connectivity index (χ1) is 8.40. The summed E-state index contributed by atoms with van der Waals surface area (Å²) in [5.41, 5.74) is 1.17. The predicted octanol–water partition coefficient (Wildman–Crippen LogP) is 1.31. The first kappa shape index (κ1) is 12.6. The van der Waals surface area contributed by atoms with Crippen molar-refractivity contribution in [2.45, 2.75) is 18.9 Å². The van der Waals surface area contributed by atoms with Crippen molar-refractivity contribution in [1.29, 1.82) is 0 Å². The molecule has 0 amide bonds. The highest BCUT2D eigenvalue weighted by Crippen LogP contribution is 2.15. The van der Waals surface area contributed by atoms with Crippen molar-refractivity contribution < 1.29 is 5.11 Å². The molecule has 94 valence electrons. The lowest BCUT2D eigenvalue weighted by molar-refractivity contribution is 0.232. The Hall–Kier alpha value is -0.900. The summed E-state index contributed by atoms with van der Waals surface area (Å²) in [6.45, 7) is 3.42. The van der Waals surface area contributed by atoms with Gasteiger partial charge < -0.3 is 15.7 Å². The Morgan fingerprint density at radius 3 is 2.59 bits per heavy atom. The number of aliphatic hydroxyl groups is 1. The van der Waals surface area contributed by atoms with Crippen LogP contribution in [0.3, 0.4) is 0 Å². The largest absolute Gasteiger partial charge is 0.394 e. The second kappa shape index (κ2) is 6.74. The fraction of sp³-hybridized carbons (Fsp3) is 0.571. The minimum atomic E-state index is 0.0751. The number of benzene rings is 1. The van der Waals surface area contributed by atoms with E-state index in [-0.39, 0.29) is 12.6 Å². The summed E-state index contributed by atoms with van der Waals surface area (Å²) >= 11 is 0. The van der Waals surface area contributed by atoms with Crippen LogP contribution in [0.25, 0.3) is 0 Å². The van der Waals surface area contributed by atoms with E-state index in [1.165, 1.54) is 18.4 Å². The van der Waals surface area contributed by atoms with Crippen LogP contribution in [-0.2, 0) is 0 Å². The van der Waals surface area contributed by atoms with E-state index < -0.39 is 0 Å². The summed E-state index contributed by atoms with van der Waals surface area (Å²) in [5, 5.41) is 16.3. The molecular formula is C14H22N2O. The standard InChI is InChI=1S/C14H22N2O/c17-11-14(13-4-2-1-3-5-13)16-10-12-6-8-15-9-7-12/h1-5,12,14-17H,6-11H2/t14-/m0/s1. The van der Waals surface area contributed by atoms with Crippen LogP contribution in [0.4, 0.5) is 0 Å². The van der Waals surface area contributed by atoms with Crippen molar-refractivity contribution in [2.75, 3.05) is 26.2 Å². The Morgan fingerprint density at radius 1 is 1.24 bits per heavy atom. The van der Waals surface area contributed by atoms with Crippen molar-refractivity contribution in [3.63, 3.8) is 0 Å². The van der Waals surface area contributed by atoms with Crippen molar-refractivity contribution >= 4 is 0 Å². The Balaban J connectivity index is 1.83. The van der Waals surface area contributed by atoms with Gasteiger partial charge in [0.25, 0.3) is 0 Å². The van der Waals surface area contributed by atoms with Crippen LogP contribution in [0.5, 0.6) is 0 Å². The van der Waals surface area contributed by atoms with Crippen LogP contribution in [0.1, 0.15) is 24.4 Å². The van der Waals surface area contributed by atoms with Crippen molar-refractivity contribution in [3.05, 3.63) is 35.9 Å². The summed E-state index contributed by atoms with van der Waals surface area (Å²) in [4.78, 5) is 0. The zero-order valence-corrected chi connectivity index (χ0v) is 10.2. The number of nitrogens with one attached hydrogen (secondary N) is 2. The molecule has 1 aromatic carbocycles. The first-order valence-corrected chi connectivity index (χ1v) is 6.50. The number of aliphatic hydroxyl groups excluding tert-OH is 1. The number of piperidine rings is 1. The molecule has 1 saturated heterocycles. The maximum atomic E-state index is 9.43. The highest BCUT2D eigenvalue weighted by molar-refractivity contribution is 5.18. The van der Waals surface area contributed by atoms with E-state index in [2.05, 4.69) is 22.8 Å². The van der Waals surface area contributed by atoms with Gasteiger partial charge in [-0.05, 0) is 44.0 Å². The maximum absolute atomic E-state index is 9.43. The average Bonchev–Trinajstić information content (AvgIpc) is 2.42. The third kappa shape index (κ3) is 3.80. The van der Waals surface area contributed by atoms with Gasteiger partial charge in [0.15, 0.2) is 0 Å². The fourth-order valence-electron chi connectivity index (χ4n) is 2.37. The van der Waals surface area contributed by atoms with Crippen LogP contribution in [-0.4, -0.2) is 31.3 Å². The van der Waals surface area contributed by atoms with E-state index in [0.717, 1.165) is 25.6 Å².